The van der Waals surface area contributed by atoms with Crippen molar-refractivity contribution >= 4 is 29.2 Å². The Morgan fingerprint density at radius 1 is 1.50 bits per heavy atom. The molecule has 5 heteroatoms. The van der Waals surface area contributed by atoms with Gasteiger partial charge in [0.25, 0.3) is 0 Å². The molecule has 1 aliphatic rings. The van der Waals surface area contributed by atoms with Gasteiger partial charge in [0, 0.05) is 18.7 Å². The van der Waals surface area contributed by atoms with Gasteiger partial charge >= 0.3 is 0 Å². The van der Waals surface area contributed by atoms with E-state index in [2.05, 4.69) is 21.8 Å². The molecule has 0 amide bonds. The molecular formula is C11H16ClN3S. The first-order chi connectivity index (χ1) is 7.74. The largest absolute Gasteiger partial charge is 0.353 e. The molecule has 0 bridgehead atoms. The zero-order chi connectivity index (χ0) is 11.5. The first-order valence-corrected chi connectivity index (χ1v) is 7.20. The van der Waals surface area contributed by atoms with Crippen molar-refractivity contribution in [2.75, 3.05) is 17.7 Å². The van der Waals surface area contributed by atoms with Gasteiger partial charge in [-0.2, -0.15) is 0 Å². The van der Waals surface area contributed by atoms with Crippen molar-refractivity contribution in [2.45, 2.75) is 37.4 Å². The summed E-state index contributed by atoms with van der Waals surface area (Å²) in [5, 5.41) is 1.29. The van der Waals surface area contributed by atoms with Crippen LogP contribution in [0.15, 0.2) is 11.2 Å². The molecule has 0 spiro atoms. The van der Waals surface area contributed by atoms with E-state index < -0.39 is 0 Å². The maximum atomic E-state index is 6.01. The molecular weight excluding hydrogens is 242 g/mol. The molecule has 1 aromatic rings. The highest BCUT2D eigenvalue weighted by atomic mass is 35.5. The summed E-state index contributed by atoms with van der Waals surface area (Å²) in [7, 11) is 0. The van der Waals surface area contributed by atoms with Crippen molar-refractivity contribution in [3.63, 3.8) is 0 Å². The van der Waals surface area contributed by atoms with E-state index in [1.165, 1.54) is 24.6 Å². The standard InChI is InChI=1S/C11H16ClN3S/c1-3-6-15(8-4-5-8)10-7-9(12)13-11(14-10)16-2/h7-8H,3-6H2,1-2H3. The molecule has 0 N–H and O–H groups in total. The van der Waals surface area contributed by atoms with Gasteiger partial charge in [0.05, 0.1) is 0 Å². The molecule has 1 saturated carbocycles. The van der Waals surface area contributed by atoms with E-state index in [-0.39, 0.29) is 0 Å². The van der Waals surface area contributed by atoms with Crippen LogP contribution in [0.4, 0.5) is 5.82 Å². The fraction of sp³-hybridized carbons (Fsp3) is 0.636. The number of hydrogen-bond donors (Lipinski definition) is 0. The van der Waals surface area contributed by atoms with E-state index in [9.17, 15) is 0 Å². The first kappa shape index (κ1) is 12.0. The van der Waals surface area contributed by atoms with Crippen LogP contribution in [0.25, 0.3) is 0 Å². The van der Waals surface area contributed by atoms with Crippen LogP contribution in [0.3, 0.4) is 0 Å². The average molecular weight is 258 g/mol. The molecule has 1 heterocycles. The van der Waals surface area contributed by atoms with Crippen molar-refractivity contribution in [1.82, 2.24) is 9.97 Å². The molecule has 1 fully saturated rings. The van der Waals surface area contributed by atoms with E-state index in [0.717, 1.165) is 23.9 Å². The number of halogens is 1. The van der Waals surface area contributed by atoms with Gasteiger partial charge < -0.3 is 4.90 Å². The Bertz CT molecular complexity index is 368. The van der Waals surface area contributed by atoms with Gasteiger partial charge in [-0.1, -0.05) is 30.3 Å². The van der Waals surface area contributed by atoms with Crippen LogP contribution in [0.1, 0.15) is 26.2 Å². The summed E-state index contributed by atoms with van der Waals surface area (Å²) in [5.74, 6) is 0.980. The highest BCUT2D eigenvalue weighted by Crippen LogP contribution is 2.32. The van der Waals surface area contributed by atoms with Gasteiger partial charge in [-0.15, -0.1) is 0 Å². The Labute approximate surface area is 106 Å². The minimum Gasteiger partial charge on any atom is -0.353 e. The summed E-state index contributed by atoms with van der Waals surface area (Å²) in [6, 6.07) is 2.54. The minimum absolute atomic E-state index is 0.538. The molecule has 2 rings (SSSR count). The van der Waals surface area contributed by atoms with E-state index in [1.54, 1.807) is 0 Å². The summed E-state index contributed by atoms with van der Waals surface area (Å²) >= 11 is 7.54. The zero-order valence-electron chi connectivity index (χ0n) is 9.61. The normalized spacial score (nSPS) is 15.2. The maximum Gasteiger partial charge on any atom is 0.190 e. The lowest BCUT2D eigenvalue weighted by atomic mass is 10.4. The van der Waals surface area contributed by atoms with Gasteiger partial charge in [-0.3, -0.25) is 0 Å². The van der Waals surface area contributed by atoms with Crippen molar-refractivity contribution in [3.8, 4) is 0 Å². The topological polar surface area (TPSA) is 29.0 Å². The second-order valence-corrected chi connectivity index (χ2v) is 5.12. The fourth-order valence-corrected chi connectivity index (χ4v) is 2.34. The lowest BCUT2D eigenvalue weighted by Crippen LogP contribution is -2.27. The minimum atomic E-state index is 0.538. The van der Waals surface area contributed by atoms with Crippen molar-refractivity contribution in [2.24, 2.45) is 0 Å². The summed E-state index contributed by atoms with van der Waals surface area (Å²) in [5.41, 5.74) is 0. The molecule has 1 aromatic heterocycles. The van der Waals surface area contributed by atoms with E-state index in [0.29, 0.717) is 11.2 Å². The Kier molecular flexibility index (Phi) is 3.92. The third-order valence-corrected chi connectivity index (χ3v) is 3.33. The number of rotatable bonds is 5. The van der Waals surface area contributed by atoms with Crippen molar-refractivity contribution in [1.29, 1.82) is 0 Å². The third-order valence-electron chi connectivity index (χ3n) is 2.59. The van der Waals surface area contributed by atoms with E-state index in [1.807, 2.05) is 12.3 Å². The molecule has 0 aliphatic heterocycles. The molecule has 0 aromatic carbocycles. The summed E-state index contributed by atoms with van der Waals surface area (Å²) in [6.45, 7) is 3.24. The van der Waals surface area contributed by atoms with Gasteiger partial charge in [-0.05, 0) is 25.5 Å². The van der Waals surface area contributed by atoms with Crippen LogP contribution < -0.4 is 4.90 Å². The number of hydrogen-bond acceptors (Lipinski definition) is 4. The van der Waals surface area contributed by atoms with Gasteiger partial charge in [0.15, 0.2) is 5.16 Å². The SMILES string of the molecule is CCCN(c1cc(Cl)nc(SC)n1)C1CC1. The summed E-state index contributed by atoms with van der Waals surface area (Å²) in [6.07, 6.45) is 5.65. The second-order valence-electron chi connectivity index (χ2n) is 3.96. The third kappa shape index (κ3) is 2.80. The Morgan fingerprint density at radius 2 is 2.25 bits per heavy atom. The summed E-state index contributed by atoms with van der Waals surface area (Å²) in [4.78, 5) is 11.0. The quantitative estimate of drug-likeness (QED) is 0.460. The Balaban J connectivity index is 2.25. The highest BCUT2D eigenvalue weighted by molar-refractivity contribution is 7.98. The number of nitrogens with zero attached hydrogens (tertiary/aromatic N) is 3. The van der Waals surface area contributed by atoms with Crippen LogP contribution in [-0.2, 0) is 0 Å². The molecule has 88 valence electrons. The Hall–Kier alpha value is -0.480. The van der Waals surface area contributed by atoms with Gasteiger partial charge in [0.2, 0.25) is 0 Å². The predicted octanol–water partition coefficient (Wildman–Crippen LogP) is 3.23. The van der Waals surface area contributed by atoms with Crippen LogP contribution in [-0.4, -0.2) is 28.8 Å². The second kappa shape index (κ2) is 5.23. The molecule has 3 nitrogen and oxygen atoms in total. The van der Waals surface area contributed by atoms with Crippen molar-refractivity contribution < 1.29 is 0 Å². The van der Waals surface area contributed by atoms with E-state index >= 15 is 0 Å². The fourth-order valence-electron chi connectivity index (χ4n) is 1.74. The van der Waals surface area contributed by atoms with E-state index in [4.69, 9.17) is 11.6 Å². The molecule has 16 heavy (non-hydrogen) atoms. The van der Waals surface area contributed by atoms with Crippen LogP contribution in [0.2, 0.25) is 5.15 Å². The number of thioether (sulfide) groups is 1. The van der Waals surface area contributed by atoms with Gasteiger partial charge in [-0.25, -0.2) is 9.97 Å². The number of anilines is 1. The van der Waals surface area contributed by atoms with Crippen molar-refractivity contribution in [3.05, 3.63) is 11.2 Å². The van der Waals surface area contributed by atoms with Crippen LogP contribution in [0.5, 0.6) is 0 Å². The lowest BCUT2D eigenvalue weighted by molar-refractivity contribution is 0.739. The summed E-state index contributed by atoms with van der Waals surface area (Å²) < 4.78 is 0. The molecule has 0 atom stereocenters. The molecule has 1 aliphatic carbocycles. The molecule has 0 radical (unpaired) electrons. The van der Waals surface area contributed by atoms with Crippen LogP contribution >= 0.6 is 23.4 Å². The molecule has 0 saturated heterocycles. The average Bonchev–Trinajstić information content (AvgIpc) is 3.08. The smallest absolute Gasteiger partial charge is 0.190 e. The lowest BCUT2D eigenvalue weighted by Gasteiger charge is -2.23. The first-order valence-electron chi connectivity index (χ1n) is 5.59. The molecule has 0 unspecified atom stereocenters. The monoisotopic (exact) mass is 257 g/mol. The maximum absolute atomic E-state index is 6.01. The number of aromatic nitrogens is 2. The Morgan fingerprint density at radius 3 is 2.81 bits per heavy atom. The van der Waals surface area contributed by atoms with Gasteiger partial charge in [0.1, 0.15) is 11.0 Å². The highest BCUT2D eigenvalue weighted by Gasteiger charge is 2.29. The predicted molar refractivity (Wildman–Crippen MR) is 69.5 cm³/mol. The zero-order valence-corrected chi connectivity index (χ0v) is 11.2. The van der Waals surface area contributed by atoms with Crippen LogP contribution in [0, 0.1) is 0 Å².